The first-order valence-corrected chi connectivity index (χ1v) is 12.2. The van der Waals surface area contributed by atoms with Crippen LogP contribution in [0.4, 0.5) is 13.2 Å². The van der Waals surface area contributed by atoms with Crippen molar-refractivity contribution in [2.75, 3.05) is 13.2 Å². The van der Waals surface area contributed by atoms with Gasteiger partial charge in [-0.15, -0.1) is 0 Å². The maximum absolute atomic E-state index is 13.1. The summed E-state index contributed by atoms with van der Waals surface area (Å²) >= 11 is 0. The fourth-order valence-electron chi connectivity index (χ4n) is 6.25. The van der Waals surface area contributed by atoms with Crippen molar-refractivity contribution in [2.45, 2.75) is 82.3 Å². The summed E-state index contributed by atoms with van der Waals surface area (Å²) < 4.78 is 51.9. The van der Waals surface area contributed by atoms with Crippen molar-refractivity contribution in [3.8, 4) is 0 Å². The molecule has 2 fully saturated rings. The third-order valence-electron chi connectivity index (χ3n) is 8.13. The van der Waals surface area contributed by atoms with E-state index in [1.807, 2.05) is 0 Å². The maximum atomic E-state index is 13.1. The molecule has 4 heterocycles. The van der Waals surface area contributed by atoms with Crippen LogP contribution in [0.1, 0.15) is 103 Å². The molecule has 1 N–H and O–H groups in total. The minimum Gasteiger partial charge on any atom is -0.388 e. The molecule has 0 radical (unpaired) electrons. The predicted molar refractivity (Wildman–Crippen MR) is 117 cm³/mol. The van der Waals surface area contributed by atoms with E-state index in [-0.39, 0.29) is 11.3 Å². The van der Waals surface area contributed by atoms with E-state index in [2.05, 4.69) is 18.8 Å². The van der Waals surface area contributed by atoms with Crippen molar-refractivity contribution in [3.63, 3.8) is 0 Å². The Bertz CT molecular complexity index is 1120. The lowest BCUT2D eigenvalue weighted by molar-refractivity contribution is -0.141. The second-order valence-electron chi connectivity index (χ2n) is 10.8. The third-order valence-corrected chi connectivity index (χ3v) is 8.13. The van der Waals surface area contributed by atoms with Crippen molar-refractivity contribution < 1.29 is 27.8 Å². The van der Waals surface area contributed by atoms with Crippen molar-refractivity contribution in [2.24, 2.45) is 5.41 Å². The molecule has 2 aliphatic carbocycles. The number of rotatable bonds is 2. The molecule has 0 amide bonds. The fourth-order valence-corrected chi connectivity index (χ4v) is 6.25. The number of aliphatic hydroxyl groups excluding tert-OH is 1. The first-order valence-electron chi connectivity index (χ1n) is 12.2. The maximum Gasteiger partial charge on any atom is 0.433 e. The van der Waals surface area contributed by atoms with Crippen molar-refractivity contribution in [1.82, 2.24) is 9.97 Å². The normalized spacial score (nSPS) is 26.7. The first-order chi connectivity index (χ1) is 16.1. The number of pyridine rings is 2. The molecule has 8 heteroatoms. The summed E-state index contributed by atoms with van der Waals surface area (Å²) in [5.41, 5.74) is 3.86. The molecule has 34 heavy (non-hydrogen) atoms. The SMILES string of the molecule is CC(C)c1nc2c(c3c1[C@@H](c1ccc(C(F)(F)F)nc1)OC31CCOCC1)C(O)CC1(CC1)C2. The second kappa shape index (κ2) is 7.48. The van der Waals surface area contributed by atoms with Gasteiger partial charge in [-0.25, -0.2) is 0 Å². The van der Waals surface area contributed by atoms with Crippen LogP contribution in [0.25, 0.3) is 0 Å². The molecule has 4 aliphatic rings. The van der Waals surface area contributed by atoms with E-state index < -0.39 is 29.7 Å². The molecule has 0 bridgehead atoms. The zero-order valence-corrected chi connectivity index (χ0v) is 19.4. The molecule has 0 aromatic carbocycles. The van der Waals surface area contributed by atoms with Gasteiger partial charge in [-0.3, -0.25) is 9.97 Å². The highest BCUT2D eigenvalue weighted by Gasteiger charge is 2.55. The van der Waals surface area contributed by atoms with E-state index in [4.69, 9.17) is 14.5 Å². The summed E-state index contributed by atoms with van der Waals surface area (Å²) in [5, 5.41) is 11.4. The first kappa shape index (κ1) is 22.4. The monoisotopic (exact) mass is 474 g/mol. The largest absolute Gasteiger partial charge is 0.433 e. The molecule has 1 saturated heterocycles. The van der Waals surface area contributed by atoms with Gasteiger partial charge in [-0.1, -0.05) is 19.9 Å². The molecule has 6 rings (SSSR count). The zero-order chi connectivity index (χ0) is 23.9. The topological polar surface area (TPSA) is 64.5 Å². The number of fused-ring (bicyclic) bond motifs is 4. The van der Waals surface area contributed by atoms with Crippen molar-refractivity contribution in [1.29, 1.82) is 0 Å². The number of aromatic nitrogens is 2. The van der Waals surface area contributed by atoms with Crippen molar-refractivity contribution >= 4 is 0 Å². The smallest absolute Gasteiger partial charge is 0.388 e. The van der Waals surface area contributed by atoms with Gasteiger partial charge in [0.2, 0.25) is 0 Å². The molecule has 2 aromatic heterocycles. The van der Waals surface area contributed by atoms with E-state index in [0.717, 1.165) is 59.8 Å². The number of ether oxygens (including phenoxy) is 2. The van der Waals surface area contributed by atoms with E-state index >= 15 is 0 Å². The molecule has 1 saturated carbocycles. The number of nitrogens with zero attached hydrogens (tertiary/aromatic N) is 2. The van der Waals surface area contributed by atoms with Gasteiger partial charge in [0.1, 0.15) is 11.8 Å². The molecule has 2 spiro atoms. The lowest BCUT2D eigenvalue weighted by Gasteiger charge is -2.38. The molecule has 5 nitrogen and oxygen atoms in total. The minimum absolute atomic E-state index is 0.0942. The Hall–Kier alpha value is -2.03. The highest BCUT2D eigenvalue weighted by molar-refractivity contribution is 5.54. The van der Waals surface area contributed by atoms with Gasteiger partial charge >= 0.3 is 6.18 Å². The van der Waals surface area contributed by atoms with Gasteiger partial charge in [0.15, 0.2) is 0 Å². The van der Waals surface area contributed by atoms with Crippen LogP contribution in [0, 0.1) is 5.41 Å². The van der Waals surface area contributed by atoms with Gasteiger partial charge in [0.05, 0.1) is 11.7 Å². The van der Waals surface area contributed by atoms with Gasteiger partial charge in [0.25, 0.3) is 0 Å². The van der Waals surface area contributed by atoms with Crippen LogP contribution < -0.4 is 0 Å². The quantitative estimate of drug-likeness (QED) is 0.622. The van der Waals surface area contributed by atoms with E-state index in [0.29, 0.717) is 31.6 Å². The molecule has 2 aromatic rings. The summed E-state index contributed by atoms with van der Waals surface area (Å²) in [6, 6.07) is 2.47. The third kappa shape index (κ3) is 3.40. The lowest BCUT2D eigenvalue weighted by Crippen LogP contribution is -2.36. The van der Waals surface area contributed by atoms with Crippen LogP contribution in [0.2, 0.25) is 0 Å². The predicted octanol–water partition coefficient (Wildman–Crippen LogP) is 5.50. The summed E-state index contributed by atoms with van der Waals surface area (Å²) in [7, 11) is 0. The molecule has 1 unspecified atom stereocenters. The Kier molecular flexibility index (Phi) is 4.94. The average Bonchev–Trinajstić information content (AvgIpc) is 3.46. The van der Waals surface area contributed by atoms with Crippen molar-refractivity contribution in [3.05, 3.63) is 57.7 Å². The molecule has 2 aliphatic heterocycles. The van der Waals surface area contributed by atoms with Gasteiger partial charge in [0, 0.05) is 60.3 Å². The van der Waals surface area contributed by atoms with Gasteiger partial charge in [-0.2, -0.15) is 13.2 Å². The van der Waals surface area contributed by atoms with Crippen LogP contribution in [0.15, 0.2) is 18.3 Å². The van der Waals surface area contributed by atoms with Crippen LogP contribution in [0.3, 0.4) is 0 Å². The summed E-state index contributed by atoms with van der Waals surface area (Å²) in [6.45, 7) is 5.23. The summed E-state index contributed by atoms with van der Waals surface area (Å²) in [5.74, 6) is 0.0942. The van der Waals surface area contributed by atoms with Crippen LogP contribution >= 0.6 is 0 Å². The number of alkyl halides is 3. The van der Waals surface area contributed by atoms with Gasteiger partial charge in [-0.05, 0) is 48.6 Å². The number of hydrogen-bond acceptors (Lipinski definition) is 5. The molecular weight excluding hydrogens is 445 g/mol. The zero-order valence-electron chi connectivity index (χ0n) is 19.4. The number of aliphatic hydroxyl groups is 1. The number of halogens is 3. The molecular formula is C26H29F3N2O3. The lowest BCUT2D eigenvalue weighted by atomic mass is 9.73. The Balaban J connectivity index is 1.56. The van der Waals surface area contributed by atoms with Crippen LogP contribution in [0.5, 0.6) is 0 Å². The number of hydrogen-bond donors (Lipinski definition) is 1. The second-order valence-corrected chi connectivity index (χ2v) is 10.8. The standard InChI is InChI=1S/C26H29F3N2O3/c1-14(2)22-20-21(19-16(31-22)11-24(5-6-24)12-17(19)32)25(7-9-33-10-8-25)34-23(20)15-3-4-18(30-13-15)26(27,28)29/h3-4,13-14,17,23,32H,5-12H2,1-2H3/t17?,23-/m1/s1. The average molecular weight is 475 g/mol. The fraction of sp³-hybridized carbons (Fsp3) is 0.615. The van der Waals surface area contributed by atoms with Crippen LogP contribution in [-0.4, -0.2) is 28.3 Å². The highest BCUT2D eigenvalue weighted by atomic mass is 19.4. The van der Waals surface area contributed by atoms with Gasteiger partial charge < -0.3 is 14.6 Å². The van der Waals surface area contributed by atoms with E-state index in [1.165, 1.54) is 12.3 Å². The Morgan fingerprint density at radius 1 is 1.09 bits per heavy atom. The Morgan fingerprint density at radius 2 is 1.82 bits per heavy atom. The molecule has 182 valence electrons. The summed E-state index contributed by atoms with van der Waals surface area (Å²) in [6.07, 6.45) is 0.690. The molecule has 2 atom stereocenters. The Morgan fingerprint density at radius 3 is 2.41 bits per heavy atom. The highest BCUT2D eigenvalue weighted by Crippen LogP contribution is 2.62. The van der Waals surface area contributed by atoms with E-state index in [1.54, 1.807) is 0 Å². The minimum atomic E-state index is -4.50. The van der Waals surface area contributed by atoms with Crippen LogP contribution in [-0.2, 0) is 27.7 Å². The Labute approximate surface area is 196 Å². The van der Waals surface area contributed by atoms with E-state index in [9.17, 15) is 18.3 Å². The summed E-state index contributed by atoms with van der Waals surface area (Å²) in [4.78, 5) is 8.82.